The van der Waals surface area contributed by atoms with Gasteiger partial charge in [0, 0.05) is 103 Å². The van der Waals surface area contributed by atoms with Crippen molar-refractivity contribution >= 4 is 130 Å². The Balaban J connectivity index is 0.000000108. The van der Waals surface area contributed by atoms with E-state index in [2.05, 4.69) is 357 Å². The van der Waals surface area contributed by atoms with Crippen molar-refractivity contribution in [3.8, 4) is 101 Å². The molecule has 0 amide bonds. The van der Waals surface area contributed by atoms with Crippen LogP contribution in [0, 0.1) is 0 Å². The highest BCUT2D eigenvalue weighted by Gasteiger charge is 2.19. The van der Waals surface area contributed by atoms with E-state index < -0.39 is 0 Å². The first-order chi connectivity index (χ1) is 59.3. The van der Waals surface area contributed by atoms with Gasteiger partial charge in [-0.3, -0.25) is 0 Å². The van der Waals surface area contributed by atoms with Crippen LogP contribution in [-0.2, 0) is 0 Å². The van der Waals surface area contributed by atoms with E-state index in [1.807, 2.05) is 49.3 Å². The Kier molecular flexibility index (Phi) is 17.5. The average molecular weight is 1530 g/mol. The van der Waals surface area contributed by atoms with Crippen molar-refractivity contribution in [1.29, 1.82) is 0 Å². The van der Waals surface area contributed by atoms with Crippen LogP contribution in [0.4, 0.5) is 0 Å². The van der Waals surface area contributed by atoms with E-state index in [9.17, 15) is 0 Å². The number of hydrogen-bond donors (Lipinski definition) is 0. The zero-order valence-corrected chi connectivity index (χ0v) is 64.1. The lowest BCUT2D eigenvalue weighted by atomic mass is 9.90. The van der Waals surface area contributed by atoms with Gasteiger partial charge in [0.2, 0.25) is 0 Å². The third-order valence-corrected chi connectivity index (χ3v) is 22.5. The second-order valence-corrected chi connectivity index (χ2v) is 29.8. The molecule has 0 atom stereocenters. The summed E-state index contributed by atoms with van der Waals surface area (Å²) in [5.74, 6) is 0. The maximum Gasteiger partial charge on any atom is 0.116 e. The maximum absolute atomic E-state index is 5.19. The molecule has 15 nitrogen and oxygen atoms in total. The minimum absolute atomic E-state index is 0.882. The summed E-state index contributed by atoms with van der Waals surface area (Å²) in [6, 6.07) is 109. The molecule has 0 radical (unpaired) electrons. The number of benzene rings is 15. The van der Waals surface area contributed by atoms with Gasteiger partial charge in [-0.15, -0.1) is 0 Å². The number of aromatic nitrogens is 15. The molecule has 0 aliphatic heterocycles. The highest BCUT2D eigenvalue weighted by molar-refractivity contribution is 6.14. The van der Waals surface area contributed by atoms with Crippen molar-refractivity contribution in [3.05, 3.63) is 385 Å². The molecule has 0 bridgehead atoms. The number of hydrogen-bond acceptors (Lipinski definition) is 15. The van der Waals surface area contributed by atoms with Gasteiger partial charge in [-0.25, -0.2) is 74.8 Å². The summed E-state index contributed by atoms with van der Waals surface area (Å²) < 4.78 is 0. The zero-order chi connectivity index (χ0) is 79.4. The van der Waals surface area contributed by atoms with Gasteiger partial charge >= 0.3 is 0 Å². The number of fused-ring (bicyclic) bond motifs is 12. The zero-order valence-electron chi connectivity index (χ0n) is 64.1. The predicted molar refractivity (Wildman–Crippen MR) is 485 cm³/mol. The van der Waals surface area contributed by atoms with Crippen LogP contribution < -0.4 is 0 Å². The predicted octanol–water partition coefficient (Wildman–Crippen LogP) is 24.8. The second kappa shape index (κ2) is 30.0. The standard InChI is InChI=1S/3C35H21N5/c1-3-7-29-22(5-1)13-23-6-2-4-8-30(23)35(29)28-16-33(24-9-11-26-18-36-20-38-31(26)14-24)40-34(17-28)25-10-12-27-19-37-21-39-32(27)15-25;1-2-5-23-13-31-24(12-22(23)4-1)6-3-7-30(31)29-16-34(25-8-10-27-18-36-20-38-32(27)14-25)40-35(17-29)26-9-11-28-19-37-21-39-33(28)15-26;1-2-4-23-12-30-13-25(6-5-24(30)11-22(23)3-1)31-16-34(26-7-9-28-18-36-20-38-32(28)14-26)40-35(17-31)27-8-10-29-19-37-21-39-33(29)15-27/h3*1-21H. The Bertz CT molecular complexity index is 7860. The lowest BCUT2D eigenvalue weighted by Gasteiger charge is -2.15. The van der Waals surface area contributed by atoms with Gasteiger partial charge in [0.15, 0.2) is 0 Å². The van der Waals surface area contributed by atoms with Crippen LogP contribution in [0.3, 0.4) is 0 Å². The highest BCUT2D eigenvalue weighted by Crippen LogP contribution is 2.43. The molecule has 558 valence electrons. The van der Waals surface area contributed by atoms with Crippen molar-refractivity contribution in [1.82, 2.24) is 74.8 Å². The van der Waals surface area contributed by atoms with Crippen LogP contribution in [0.25, 0.3) is 231 Å². The van der Waals surface area contributed by atoms with Gasteiger partial charge < -0.3 is 0 Å². The van der Waals surface area contributed by atoms with E-state index in [0.29, 0.717) is 0 Å². The molecule has 0 N–H and O–H groups in total. The average Bonchev–Trinajstić information content (AvgIpc) is 0.756. The Morgan fingerprint density at radius 3 is 0.792 bits per heavy atom. The van der Waals surface area contributed by atoms with E-state index in [-0.39, 0.29) is 0 Å². The topological polar surface area (TPSA) is 193 Å². The van der Waals surface area contributed by atoms with Gasteiger partial charge in [0.1, 0.15) is 38.0 Å². The van der Waals surface area contributed by atoms with Crippen LogP contribution in [0.5, 0.6) is 0 Å². The van der Waals surface area contributed by atoms with E-state index in [4.69, 9.17) is 15.0 Å². The quantitative estimate of drug-likeness (QED) is 0.124. The van der Waals surface area contributed by atoms with Gasteiger partial charge in [0.05, 0.1) is 67.3 Å². The Morgan fingerprint density at radius 1 is 0.150 bits per heavy atom. The van der Waals surface area contributed by atoms with E-state index in [1.54, 1.807) is 38.0 Å². The summed E-state index contributed by atoms with van der Waals surface area (Å²) in [5, 5.41) is 20.6. The summed E-state index contributed by atoms with van der Waals surface area (Å²) in [6.45, 7) is 0. The molecule has 0 aliphatic carbocycles. The van der Waals surface area contributed by atoms with Crippen LogP contribution in [0.1, 0.15) is 0 Å². The number of rotatable bonds is 9. The van der Waals surface area contributed by atoms with Gasteiger partial charge in [-0.1, -0.05) is 200 Å². The fourth-order valence-electron chi connectivity index (χ4n) is 16.4. The summed E-state index contributed by atoms with van der Waals surface area (Å²) in [4.78, 5) is 67.3. The van der Waals surface area contributed by atoms with Gasteiger partial charge in [-0.05, 0) is 207 Å². The molecule has 9 aromatic heterocycles. The van der Waals surface area contributed by atoms with Crippen molar-refractivity contribution in [3.63, 3.8) is 0 Å². The second-order valence-electron chi connectivity index (χ2n) is 29.8. The van der Waals surface area contributed by atoms with Crippen molar-refractivity contribution in [2.45, 2.75) is 0 Å². The summed E-state index contributed by atoms with van der Waals surface area (Å²) in [7, 11) is 0. The van der Waals surface area contributed by atoms with Crippen LogP contribution >= 0.6 is 0 Å². The van der Waals surface area contributed by atoms with Crippen molar-refractivity contribution < 1.29 is 0 Å². The lowest BCUT2D eigenvalue weighted by Crippen LogP contribution is -1.94. The Morgan fingerprint density at radius 2 is 0.417 bits per heavy atom. The fourth-order valence-corrected chi connectivity index (χ4v) is 16.4. The van der Waals surface area contributed by atoms with E-state index in [0.717, 1.165) is 155 Å². The first-order valence-electron chi connectivity index (χ1n) is 39.4. The summed E-state index contributed by atoms with van der Waals surface area (Å²) in [5.41, 5.74) is 23.5. The summed E-state index contributed by atoms with van der Waals surface area (Å²) in [6.07, 6.45) is 20.5. The first-order valence-corrected chi connectivity index (χ1v) is 39.4. The SMILES string of the molecule is c1ccc2c(-c3cc(-c4ccc5cncnc5c4)nc(-c4ccc5cncnc5c4)c3)c3ccccc3cc2c1.c1ccc2cc3c(-c4cc(-c5ccc6cncnc6c5)nc(-c5ccc6cncnc6c5)c4)cccc3cc2c1.c1ccc2cc3cc(-c4cc(-c5ccc6cncnc6c5)nc(-c5ccc6cncnc6c5)c4)ccc3cc2c1. The minimum atomic E-state index is 0.882. The molecule has 24 rings (SSSR count). The third kappa shape index (κ3) is 13.6. The number of pyridine rings is 3. The van der Waals surface area contributed by atoms with Gasteiger partial charge in [0.25, 0.3) is 0 Å². The molecule has 0 fully saturated rings. The molecule has 120 heavy (non-hydrogen) atoms. The van der Waals surface area contributed by atoms with Crippen molar-refractivity contribution in [2.75, 3.05) is 0 Å². The van der Waals surface area contributed by atoms with Crippen molar-refractivity contribution in [2.24, 2.45) is 0 Å². The van der Waals surface area contributed by atoms with Gasteiger partial charge in [-0.2, -0.15) is 0 Å². The minimum Gasteiger partial charge on any atom is -0.248 e. The third-order valence-electron chi connectivity index (χ3n) is 22.5. The molecule has 15 aromatic carbocycles. The molecular formula is C105H63N15. The van der Waals surface area contributed by atoms with Crippen LogP contribution in [0.15, 0.2) is 385 Å². The molecule has 0 saturated carbocycles. The molecular weight excluding hydrogens is 1470 g/mol. The highest BCUT2D eigenvalue weighted by atomic mass is 14.8. The largest absolute Gasteiger partial charge is 0.248 e. The molecule has 0 spiro atoms. The molecule has 9 heterocycles. The monoisotopic (exact) mass is 1530 g/mol. The maximum atomic E-state index is 5.19. The van der Waals surface area contributed by atoms with E-state index >= 15 is 0 Å². The molecule has 0 aliphatic rings. The Hall–Kier alpha value is -16.7. The number of nitrogens with zero attached hydrogens (tertiary/aromatic N) is 15. The van der Waals surface area contributed by atoms with Crippen LogP contribution in [-0.4, -0.2) is 74.8 Å². The molecule has 0 saturated heterocycles. The summed E-state index contributed by atoms with van der Waals surface area (Å²) >= 11 is 0. The molecule has 24 aromatic rings. The lowest BCUT2D eigenvalue weighted by molar-refractivity contribution is 1.22. The molecule has 0 unspecified atom stereocenters. The molecule has 15 heteroatoms. The normalized spacial score (nSPS) is 11.5. The first kappa shape index (κ1) is 70.0. The van der Waals surface area contributed by atoms with E-state index in [1.165, 1.54) is 75.8 Å². The fraction of sp³-hybridized carbons (Fsp3) is 0. The van der Waals surface area contributed by atoms with Crippen LogP contribution in [0.2, 0.25) is 0 Å². The smallest absolute Gasteiger partial charge is 0.116 e. The Labute approximate surface area is 686 Å².